The molecule has 1 atom stereocenters. The van der Waals surface area contributed by atoms with Gasteiger partial charge in [-0.05, 0) is 36.6 Å². The first-order chi connectivity index (χ1) is 10.5. The first kappa shape index (κ1) is 16.9. The van der Waals surface area contributed by atoms with Crippen molar-refractivity contribution in [3.63, 3.8) is 0 Å². The third-order valence-corrected chi connectivity index (χ3v) is 4.65. The second kappa shape index (κ2) is 7.69. The lowest BCUT2D eigenvalue weighted by Crippen LogP contribution is -2.42. The number of hydrogen-bond donors (Lipinski definition) is 2. The quantitative estimate of drug-likeness (QED) is 0.769. The van der Waals surface area contributed by atoms with Crippen molar-refractivity contribution in [2.45, 2.75) is 19.0 Å². The van der Waals surface area contributed by atoms with Crippen LogP contribution in [0.25, 0.3) is 10.9 Å². The number of carboxylic acid groups (broad SMARTS) is 1. The molecule has 0 spiro atoms. The molecule has 0 saturated heterocycles. The van der Waals surface area contributed by atoms with Gasteiger partial charge in [0.05, 0.1) is 0 Å². The fraction of sp³-hybridized carbons (Fsp3) is 0.333. The second-order valence-electron chi connectivity index (χ2n) is 4.86. The number of thioether (sulfide) groups is 1. The SMILES string of the molecule is CSCC[C@H](NC(=O)Cn1ccc2c(Br)cccc21)C(=O)O. The van der Waals surface area contributed by atoms with E-state index in [1.54, 1.807) is 11.8 Å². The molecule has 118 valence electrons. The van der Waals surface area contributed by atoms with Crippen LogP contribution in [0.15, 0.2) is 34.9 Å². The van der Waals surface area contributed by atoms with E-state index in [1.807, 2.05) is 41.3 Å². The summed E-state index contributed by atoms with van der Waals surface area (Å²) in [6.07, 6.45) is 4.15. The average Bonchev–Trinajstić information content (AvgIpc) is 2.88. The number of nitrogens with zero attached hydrogens (tertiary/aromatic N) is 1. The van der Waals surface area contributed by atoms with Crippen molar-refractivity contribution in [2.24, 2.45) is 0 Å². The molecular formula is C15H17BrN2O3S. The van der Waals surface area contributed by atoms with Crippen molar-refractivity contribution in [1.29, 1.82) is 0 Å². The third-order valence-electron chi connectivity index (χ3n) is 3.32. The van der Waals surface area contributed by atoms with Gasteiger partial charge in [-0.3, -0.25) is 4.79 Å². The molecule has 0 aliphatic carbocycles. The van der Waals surface area contributed by atoms with Gasteiger partial charge in [0.1, 0.15) is 12.6 Å². The van der Waals surface area contributed by atoms with Crippen LogP contribution >= 0.6 is 27.7 Å². The summed E-state index contributed by atoms with van der Waals surface area (Å²) in [4.78, 5) is 23.3. The standard InChI is InChI=1S/C15H17BrN2O3S/c1-22-8-6-12(15(20)21)17-14(19)9-18-7-5-10-11(16)3-2-4-13(10)18/h2-5,7,12H,6,8-9H2,1H3,(H,17,19)(H,20,21)/t12-/m0/s1. The molecule has 2 N–H and O–H groups in total. The van der Waals surface area contributed by atoms with Crippen molar-refractivity contribution < 1.29 is 14.7 Å². The number of carbonyl (C=O) groups excluding carboxylic acids is 1. The number of rotatable bonds is 7. The minimum absolute atomic E-state index is 0.100. The molecule has 7 heteroatoms. The van der Waals surface area contributed by atoms with E-state index < -0.39 is 12.0 Å². The maximum absolute atomic E-state index is 12.1. The van der Waals surface area contributed by atoms with Crippen molar-refractivity contribution in [3.8, 4) is 0 Å². The number of benzene rings is 1. The summed E-state index contributed by atoms with van der Waals surface area (Å²) in [5.41, 5.74) is 0.931. The van der Waals surface area contributed by atoms with Gasteiger partial charge in [-0.25, -0.2) is 4.79 Å². The number of aliphatic carboxylic acids is 1. The Labute approximate surface area is 141 Å². The lowest BCUT2D eigenvalue weighted by molar-refractivity contribution is -0.141. The Kier molecular flexibility index (Phi) is 5.90. The molecule has 1 aromatic heterocycles. The van der Waals surface area contributed by atoms with Gasteiger partial charge in [0.15, 0.2) is 0 Å². The first-order valence-electron chi connectivity index (χ1n) is 6.77. The van der Waals surface area contributed by atoms with Crippen molar-refractivity contribution in [3.05, 3.63) is 34.9 Å². The van der Waals surface area contributed by atoms with Crippen LogP contribution in [0.5, 0.6) is 0 Å². The molecule has 0 fully saturated rings. The van der Waals surface area contributed by atoms with E-state index in [4.69, 9.17) is 5.11 Å². The number of aromatic nitrogens is 1. The highest BCUT2D eigenvalue weighted by Gasteiger charge is 2.19. The van der Waals surface area contributed by atoms with Crippen LogP contribution in [-0.4, -0.2) is 39.6 Å². The monoisotopic (exact) mass is 384 g/mol. The van der Waals surface area contributed by atoms with Crippen molar-refractivity contribution in [1.82, 2.24) is 9.88 Å². The second-order valence-corrected chi connectivity index (χ2v) is 6.70. The van der Waals surface area contributed by atoms with Gasteiger partial charge < -0.3 is 15.0 Å². The molecule has 0 bridgehead atoms. The molecule has 0 unspecified atom stereocenters. The van der Waals surface area contributed by atoms with E-state index >= 15 is 0 Å². The van der Waals surface area contributed by atoms with Crippen LogP contribution in [0.2, 0.25) is 0 Å². The van der Waals surface area contributed by atoms with E-state index in [-0.39, 0.29) is 12.5 Å². The van der Waals surface area contributed by atoms with Crippen LogP contribution < -0.4 is 5.32 Å². The largest absolute Gasteiger partial charge is 0.480 e. The molecule has 1 heterocycles. The normalized spacial score (nSPS) is 12.3. The first-order valence-corrected chi connectivity index (χ1v) is 8.96. The maximum Gasteiger partial charge on any atom is 0.326 e. The Morgan fingerprint density at radius 1 is 1.41 bits per heavy atom. The molecule has 5 nitrogen and oxygen atoms in total. The predicted octanol–water partition coefficient (Wildman–Crippen LogP) is 2.73. The lowest BCUT2D eigenvalue weighted by atomic mass is 10.2. The number of halogens is 1. The highest BCUT2D eigenvalue weighted by molar-refractivity contribution is 9.10. The van der Waals surface area contributed by atoms with E-state index in [2.05, 4.69) is 21.2 Å². The fourth-order valence-corrected chi connectivity index (χ4v) is 3.17. The number of hydrogen-bond acceptors (Lipinski definition) is 3. The van der Waals surface area contributed by atoms with Crippen LogP contribution in [0.4, 0.5) is 0 Å². The van der Waals surface area contributed by atoms with Crippen molar-refractivity contribution >= 4 is 50.5 Å². The van der Waals surface area contributed by atoms with E-state index in [0.29, 0.717) is 12.2 Å². The topological polar surface area (TPSA) is 71.3 Å². The maximum atomic E-state index is 12.1. The fourth-order valence-electron chi connectivity index (χ4n) is 2.21. The number of carbonyl (C=O) groups is 2. The summed E-state index contributed by atoms with van der Waals surface area (Å²) >= 11 is 5.03. The zero-order valence-corrected chi connectivity index (χ0v) is 14.5. The Bertz CT molecular complexity index is 686. The van der Waals surface area contributed by atoms with Gasteiger partial charge in [0.2, 0.25) is 5.91 Å². The molecule has 0 aliphatic rings. The summed E-state index contributed by atoms with van der Waals surface area (Å²) in [7, 11) is 0. The van der Waals surface area contributed by atoms with Gasteiger partial charge in [0, 0.05) is 21.6 Å². The Hall–Kier alpha value is -1.47. The molecule has 2 aromatic rings. The van der Waals surface area contributed by atoms with E-state index in [1.165, 1.54) is 0 Å². The van der Waals surface area contributed by atoms with Gasteiger partial charge >= 0.3 is 5.97 Å². The van der Waals surface area contributed by atoms with Crippen LogP contribution in [0.1, 0.15) is 6.42 Å². The molecule has 2 rings (SSSR count). The molecule has 0 radical (unpaired) electrons. The summed E-state index contributed by atoms with van der Waals surface area (Å²) < 4.78 is 2.77. The molecule has 1 aromatic carbocycles. The van der Waals surface area contributed by atoms with Gasteiger partial charge in [0.25, 0.3) is 0 Å². The number of fused-ring (bicyclic) bond motifs is 1. The number of nitrogens with one attached hydrogen (secondary N) is 1. The summed E-state index contributed by atoms with van der Waals surface area (Å²) in [6.45, 7) is 0.100. The Morgan fingerprint density at radius 2 is 2.18 bits per heavy atom. The zero-order valence-electron chi connectivity index (χ0n) is 12.1. The summed E-state index contributed by atoms with van der Waals surface area (Å²) in [5.74, 6) is -0.607. The smallest absolute Gasteiger partial charge is 0.326 e. The van der Waals surface area contributed by atoms with Crippen molar-refractivity contribution in [2.75, 3.05) is 12.0 Å². The van der Waals surface area contributed by atoms with Crippen LogP contribution in [0, 0.1) is 0 Å². The Morgan fingerprint density at radius 3 is 2.86 bits per heavy atom. The number of amides is 1. The van der Waals surface area contributed by atoms with Gasteiger partial charge in [-0.1, -0.05) is 22.0 Å². The number of carboxylic acids is 1. The van der Waals surface area contributed by atoms with Crippen LogP contribution in [-0.2, 0) is 16.1 Å². The van der Waals surface area contributed by atoms with E-state index in [0.717, 1.165) is 15.4 Å². The summed E-state index contributed by atoms with van der Waals surface area (Å²) in [5, 5.41) is 12.8. The average molecular weight is 385 g/mol. The van der Waals surface area contributed by atoms with Gasteiger partial charge in [-0.2, -0.15) is 11.8 Å². The van der Waals surface area contributed by atoms with Gasteiger partial charge in [-0.15, -0.1) is 0 Å². The van der Waals surface area contributed by atoms with Crippen LogP contribution in [0.3, 0.4) is 0 Å². The molecule has 0 saturated carbocycles. The highest BCUT2D eigenvalue weighted by Crippen LogP contribution is 2.24. The third kappa shape index (κ3) is 4.04. The summed E-state index contributed by atoms with van der Waals surface area (Å²) in [6, 6.07) is 6.85. The molecule has 22 heavy (non-hydrogen) atoms. The highest BCUT2D eigenvalue weighted by atomic mass is 79.9. The minimum Gasteiger partial charge on any atom is -0.480 e. The molecule has 1 amide bonds. The zero-order chi connectivity index (χ0) is 16.1. The molecular weight excluding hydrogens is 368 g/mol. The lowest BCUT2D eigenvalue weighted by Gasteiger charge is -2.14. The predicted molar refractivity (Wildman–Crippen MR) is 92.2 cm³/mol. The molecule has 0 aliphatic heterocycles. The minimum atomic E-state index is -0.998. The Balaban J connectivity index is 2.07. The van der Waals surface area contributed by atoms with E-state index in [9.17, 15) is 9.59 Å².